The Morgan fingerprint density at radius 1 is 1.24 bits per heavy atom. The Labute approximate surface area is 196 Å². The Kier molecular flexibility index (Phi) is 7.95. The normalized spacial score (nSPS) is 16.0. The number of hydrogen-bond donors (Lipinski definition) is 2. The first-order chi connectivity index (χ1) is 15.6. The first kappa shape index (κ1) is 24.6. The number of benzene rings is 2. The van der Waals surface area contributed by atoms with E-state index in [0.717, 1.165) is 43.4 Å². The minimum absolute atomic E-state index is 0.116. The number of likely N-dealkylation sites (tertiary alicyclic amines) is 1. The van der Waals surface area contributed by atoms with Crippen LogP contribution in [0.4, 0.5) is 11.4 Å². The van der Waals surface area contributed by atoms with Crippen LogP contribution in [0.5, 0.6) is 0 Å². The summed E-state index contributed by atoms with van der Waals surface area (Å²) in [5.41, 5.74) is 8.53. The Bertz CT molecular complexity index is 1100. The maximum absolute atomic E-state index is 11.5. The number of piperidine rings is 1. The van der Waals surface area contributed by atoms with Gasteiger partial charge in [0, 0.05) is 49.5 Å². The predicted octanol–water partition coefficient (Wildman–Crippen LogP) is 2.66. The van der Waals surface area contributed by atoms with Crippen molar-refractivity contribution in [2.45, 2.75) is 44.8 Å². The van der Waals surface area contributed by atoms with Crippen molar-refractivity contribution in [1.82, 2.24) is 4.90 Å². The van der Waals surface area contributed by atoms with E-state index in [1.807, 2.05) is 37.3 Å². The van der Waals surface area contributed by atoms with Gasteiger partial charge >= 0.3 is 0 Å². The second-order valence-electron chi connectivity index (χ2n) is 8.65. The van der Waals surface area contributed by atoms with E-state index < -0.39 is 10.0 Å². The van der Waals surface area contributed by atoms with Gasteiger partial charge in [0.25, 0.3) is 0 Å². The molecule has 0 aliphatic carbocycles. The van der Waals surface area contributed by atoms with Gasteiger partial charge < -0.3 is 10.6 Å². The van der Waals surface area contributed by atoms with Crippen molar-refractivity contribution in [1.29, 1.82) is 5.26 Å². The van der Waals surface area contributed by atoms with Crippen LogP contribution in [0.2, 0.25) is 0 Å². The summed E-state index contributed by atoms with van der Waals surface area (Å²) >= 11 is 0. The first-order valence-electron chi connectivity index (χ1n) is 11.0. The largest absolute Gasteiger partial charge is 0.370 e. The SMILES string of the molecule is CC(CC(N)=O)N1CCC(N(Cc2cccc(C#N)c2)c2ccc(NS(C)(=O)=O)cc2)CC1. The number of nitrogens with two attached hydrogens (primary N) is 1. The molecule has 3 N–H and O–H groups in total. The van der Waals surface area contributed by atoms with Crippen molar-refractivity contribution < 1.29 is 13.2 Å². The van der Waals surface area contributed by atoms with E-state index in [9.17, 15) is 18.5 Å². The number of primary amides is 1. The van der Waals surface area contributed by atoms with Crippen molar-refractivity contribution in [3.05, 3.63) is 59.7 Å². The summed E-state index contributed by atoms with van der Waals surface area (Å²) in [7, 11) is -3.34. The molecular formula is C24H31N5O3S. The molecular weight excluding hydrogens is 438 g/mol. The van der Waals surface area contributed by atoms with E-state index in [4.69, 9.17) is 5.73 Å². The number of carbonyl (C=O) groups is 1. The Morgan fingerprint density at radius 3 is 2.48 bits per heavy atom. The summed E-state index contributed by atoms with van der Waals surface area (Å²) in [4.78, 5) is 15.9. The van der Waals surface area contributed by atoms with Crippen LogP contribution >= 0.6 is 0 Å². The maximum Gasteiger partial charge on any atom is 0.229 e. The molecule has 0 bridgehead atoms. The minimum atomic E-state index is -3.34. The highest BCUT2D eigenvalue weighted by Crippen LogP contribution is 2.28. The van der Waals surface area contributed by atoms with E-state index in [2.05, 4.69) is 20.6 Å². The number of nitrogens with zero attached hydrogens (tertiary/aromatic N) is 3. The number of nitriles is 1. The lowest BCUT2D eigenvalue weighted by Crippen LogP contribution is -2.48. The third kappa shape index (κ3) is 7.20. The fourth-order valence-electron chi connectivity index (χ4n) is 4.36. The molecule has 8 nitrogen and oxygen atoms in total. The second-order valence-corrected chi connectivity index (χ2v) is 10.4. The highest BCUT2D eigenvalue weighted by molar-refractivity contribution is 7.92. The van der Waals surface area contributed by atoms with Crippen LogP contribution in [-0.4, -0.2) is 50.7 Å². The van der Waals surface area contributed by atoms with E-state index in [0.29, 0.717) is 24.2 Å². The molecule has 1 saturated heterocycles. The summed E-state index contributed by atoms with van der Waals surface area (Å²) in [6, 6.07) is 17.5. The summed E-state index contributed by atoms with van der Waals surface area (Å²) < 4.78 is 25.6. The number of sulfonamides is 1. The van der Waals surface area contributed by atoms with Gasteiger partial charge in [0.2, 0.25) is 15.9 Å². The van der Waals surface area contributed by atoms with Crippen LogP contribution in [0.1, 0.15) is 37.3 Å². The quantitative estimate of drug-likeness (QED) is 0.583. The average molecular weight is 470 g/mol. The predicted molar refractivity (Wildman–Crippen MR) is 130 cm³/mol. The molecule has 1 aliphatic heterocycles. The third-order valence-corrected chi connectivity index (χ3v) is 6.58. The third-order valence-electron chi connectivity index (χ3n) is 5.97. The highest BCUT2D eigenvalue weighted by atomic mass is 32.2. The fraction of sp³-hybridized carbons (Fsp3) is 0.417. The van der Waals surface area contributed by atoms with Crippen molar-refractivity contribution in [3.8, 4) is 6.07 Å². The molecule has 1 amide bonds. The topological polar surface area (TPSA) is 120 Å². The van der Waals surface area contributed by atoms with E-state index >= 15 is 0 Å². The molecule has 176 valence electrons. The molecule has 1 unspecified atom stereocenters. The minimum Gasteiger partial charge on any atom is -0.370 e. The molecule has 2 aromatic carbocycles. The summed E-state index contributed by atoms with van der Waals surface area (Å²) in [6.45, 7) is 4.39. The van der Waals surface area contributed by atoms with E-state index in [1.54, 1.807) is 18.2 Å². The van der Waals surface area contributed by atoms with Crippen LogP contribution in [0.15, 0.2) is 48.5 Å². The van der Waals surface area contributed by atoms with Crippen molar-refractivity contribution in [2.24, 2.45) is 5.73 Å². The lowest BCUT2D eigenvalue weighted by Gasteiger charge is -2.41. The number of carbonyl (C=O) groups excluding carboxylic acids is 1. The molecule has 1 aliphatic rings. The summed E-state index contributed by atoms with van der Waals surface area (Å²) in [6.07, 6.45) is 3.32. The maximum atomic E-state index is 11.5. The van der Waals surface area contributed by atoms with Crippen LogP contribution in [0, 0.1) is 11.3 Å². The summed E-state index contributed by atoms with van der Waals surface area (Å²) in [5, 5.41) is 9.27. The molecule has 0 spiro atoms. The number of anilines is 2. The summed E-state index contributed by atoms with van der Waals surface area (Å²) in [5.74, 6) is -0.286. The molecule has 3 rings (SSSR count). The Hall–Kier alpha value is -3.09. The standard InChI is InChI=1S/C24H31N5O3S/c1-18(14-24(26)30)28-12-10-23(11-13-28)29(17-20-5-3-4-19(15-20)16-25)22-8-6-21(7-9-22)27-33(2,31)32/h3-9,15,18,23,27H,10-14,17H2,1-2H3,(H2,26,30). The van der Waals surface area contributed by atoms with Crippen molar-refractivity contribution in [2.75, 3.05) is 29.0 Å². The fourth-order valence-corrected chi connectivity index (χ4v) is 4.92. The highest BCUT2D eigenvalue weighted by Gasteiger charge is 2.28. The van der Waals surface area contributed by atoms with Gasteiger partial charge in [0.15, 0.2) is 0 Å². The smallest absolute Gasteiger partial charge is 0.229 e. The van der Waals surface area contributed by atoms with E-state index in [1.165, 1.54) is 0 Å². The molecule has 1 heterocycles. The lowest BCUT2D eigenvalue weighted by molar-refractivity contribution is -0.119. The molecule has 2 aromatic rings. The molecule has 1 fully saturated rings. The van der Waals surface area contributed by atoms with Crippen molar-refractivity contribution in [3.63, 3.8) is 0 Å². The van der Waals surface area contributed by atoms with Gasteiger partial charge in [0.05, 0.1) is 17.9 Å². The molecule has 33 heavy (non-hydrogen) atoms. The zero-order valence-electron chi connectivity index (χ0n) is 19.1. The van der Waals surface area contributed by atoms with Gasteiger partial charge in [-0.05, 0) is 61.7 Å². The Balaban J connectivity index is 1.80. The van der Waals surface area contributed by atoms with E-state index in [-0.39, 0.29) is 18.0 Å². The van der Waals surface area contributed by atoms with Crippen LogP contribution in [-0.2, 0) is 21.4 Å². The Morgan fingerprint density at radius 2 is 1.91 bits per heavy atom. The molecule has 0 radical (unpaired) electrons. The van der Waals surface area contributed by atoms with Gasteiger partial charge in [-0.3, -0.25) is 14.4 Å². The van der Waals surface area contributed by atoms with Crippen LogP contribution in [0.3, 0.4) is 0 Å². The molecule has 0 aromatic heterocycles. The van der Waals surface area contributed by atoms with Crippen LogP contribution in [0.25, 0.3) is 0 Å². The molecule has 1 atom stereocenters. The van der Waals surface area contributed by atoms with Gasteiger partial charge in [-0.2, -0.15) is 5.26 Å². The van der Waals surface area contributed by atoms with Gasteiger partial charge in [-0.25, -0.2) is 8.42 Å². The first-order valence-corrected chi connectivity index (χ1v) is 12.9. The monoisotopic (exact) mass is 469 g/mol. The van der Waals surface area contributed by atoms with Crippen molar-refractivity contribution >= 4 is 27.3 Å². The number of nitrogens with one attached hydrogen (secondary N) is 1. The average Bonchev–Trinajstić information content (AvgIpc) is 2.77. The van der Waals surface area contributed by atoms with Gasteiger partial charge in [-0.15, -0.1) is 0 Å². The zero-order chi connectivity index (χ0) is 24.0. The number of hydrogen-bond acceptors (Lipinski definition) is 6. The number of amides is 1. The second kappa shape index (κ2) is 10.7. The molecule has 9 heteroatoms. The molecule has 0 saturated carbocycles. The van der Waals surface area contributed by atoms with Crippen LogP contribution < -0.4 is 15.4 Å². The lowest BCUT2D eigenvalue weighted by atomic mass is 9.99. The van der Waals surface area contributed by atoms with Gasteiger partial charge in [0.1, 0.15) is 0 Å². The number of rotatable bonds is 9. The zero-order valence-corrected chi connectivity index (χ0v) is 19.9. The van der Waals surface area contributed by atoms with Gasteiger partial charge in [-0.1, -0.05) is 12.1 Å².